The molecule has 0 aliphatic carbocycles. The summed E-state index contributed by atoms with van der Waals surface area (Å²) in [6.45, 7) is 0. The zero-order chi connectivity index (χ0) is 11.3. The second kappa shape index (κ2) is 27.6. The largest absolute Gasteiger partial charge is 0 e. The van der Waals surface area contributed by atoms with Crippen LogP contribution in [-0.4, -0.2) is 27.1 Å². The van der Waals surface area contributed by atoms with E-state index in [1.807, 2.05) is 0 Å². The molecule has 0 saturated carbocycles. The fourth-order valence-corrected chi connectivity index (χ4v) is 1.50. The number of hydrogen-bond acceptors (Lipinski definition) is 7. The second-order valence-corrected chi connectivity index (χ2v) is 6.32. The molecule has 20 heavy (non-hydrogen) atoms. The maximum Gasteiger partial charge on any atom is 0 e. The Morgan fingerprint density at radius 1 is 0.900 bits per heavy atom. The molecule has 0 heterocycles. The predicted octanol–water partition coefficient (Wildman–Crippen LogP) is -6.05. The van der Waals surface area contributed by atoms with E-state index in [2.05, 4.69) is 2.59 Å². The SMILES string of the molecule is O.[OH-].[O]=[V]([O-])([OH])[OH].[O]=[V]([OH])[O][V](=[O])([O-])[OH].[V].[V].[V].[V].[V]. The van der Waals surface area contributed by atoms with Crippen LogP contribution in [-0.2, 0) is 152 Å². The van der Waals surface area contributed by atoms with Crippen LogP contribution >= 0.6 is 0 Å². The van der Waals surface area contributed by atoms with Crippen molar-refractivity contribution < 1.29 is 187 Å². The summed E-state index contributed by atoms with van der Waals surface area (Å²) in [5.74, 6) is 0. The van der Waals surface area contributed by atoms with Gasteiger partial charge in [-0.05, 0) is 0 Å². The minimum atomic E-state index is -5.51. The summed E-state index contributed by atoms with van der Waals surface area (Å²) in [6.07, 6.45) is 0. The van der Waals surface area contributed by atoms with Gasteiger partial charge in [0.25, 0.3) is 0 Å². The first kappa shape index (κ1) is 56.5. The quantitative estimate of drug-likeness (QED) is 0.230. The third-order valence-electron chi connectivity index (χ3n) is 0.173. The molecule has 20 heteroatoms. The van der Waals surface area contributed by atoms with Crippen molar-refractivity contribution >= 4 is 0 Å². The van der Waals surface area contributed by atoms with E-state index in [1.54, 1.807) is 0 Å². The summed E-state index contributed by atoms with van der Waals surface area (Å²) < 4.78 is 79.2. The van der Waals surface area contributed by atoms with Crippen LogP contribution in [0.3, 0.4) is 0 Å². The van der Waals surface area contributed by atoms with Gasteiger partial charge in [-0.25, -0.2) is 0 Å². The van der Waals surface area contributed by atoms with E-state index in [1.165, 1.54) is 0 Å². The number of rotatable bonds is 2. The molecule has 0 rings (SSSR count). The summed E-state index contributed by atoms with van der Waals surface area (Å²) in [5.41, 5.74) is 0. The van der Waals surface area contributed by atoms with Crippen LogP contribution in [0, 0.1) is 0 Å². The standard InChI is InChI=1S/6H2O.6O.8V/h6*1H2;;;;;;;;;;;;;;/q;;;;;;;;;;2*-1;;;;;;2*+1;+2/p-5. The zero-order valence-electron chi connectivity index (χ0n) is 8.76. The normalized spacial score (nSPS) is 9.90. The van der Waals surface area contributed by atoms with Gasteiger partial charge >= 0.3 is 83.7 Å². The van der Waals surface area contributed by atoms with Crippen molar-refractivity contribution in [3.63, 3.8) is 0 Å². The molecule has 5 radical (unpaired) electrons. The molecule has 0 aromatic carbocycles. The van der Waals surface area contributed by atoms with Crippen molar-refractivity contribution in [3.05, 3.63) is 0 Å². The molecule has 0 aliphatic rings. The molecule has 0 fully saturated rings. The molecule has 0 aromatic rings. The van der Waals surface area contributed by atoms with Crippen LogP contribution in [0.25, 0.3) is 0 Å². The Balaban J connectivity index is -0.0000000134. The Kier molecular flexibility index (Phi) is 77.9. The maximum absolute atomic E-state index is 9.54. The van der Waals surface area contributed by atoms with Crippen molar-refractivity contribution in [1.29, 1.82) is 0 Å². The van der Waals surface area contributed by atoms with Gasteiger partial charge in [0, 0.05) is 92.8 Å². The van der Waals surface area contributed by atoms with E-state index >= 15 is 0 Å². The molecule has 0 aromatic heterocycles. The van der Waals surface area contributed by atoms with Crippen molar-refractivity contribution in [2.24, 2.45) is 0 Å². The van der Waals surface area contributed by atoms with E-state index in [0.29, 0.717) is 0 Å². The molecular weight excluding hydrogens is 600 g/mol. The summed E-state index contributed by atoms with van der Waals surface area (Å²) >= 11 is -14.8. The molecule has 7 N–H and O–H groups in total. The van der Waals surface area contributed by atoms with Gasteiger partial charge in [-0.2, -0.15) is 0 Å². The van der Waals surface area contributed by atoms with Crippen LogP contribution in [0.15, 0.2) is 0 Å². The van der Waals surface area contributed by atoms with E-state index in [4.69, 9.17) is 23.8 Å². The van der Waals surface area contributed by atoms with Gasteiger partial charge in [0.1, 0.15) is 0 Å². The van der Waals surface area contributed by atoms with Gasteiger partial charge in [0.2, 0.25) is 0 Å². The molecule has 122 valence electrons. The molecular formula is H7O12V8-3. The number of hydrogen-bond donors (Lipinski definition) is 4. The van der Waals surface area contributed by atoms with Crippen molar-refractivity contribution in [2.75, 3.05) is 0 Å². The summed E-state index contributed by atoms with van der Waals surface area (Å²) in [5, 5.41) is 0. The van der Waals surface area contributed by atoms with Crippen LogP contribution in [0.4, 0.5) is 0 Å². The molecule has 1 unspecified atom stereocenters. The van der Waals surface area contributed by atoms with E-state index in [0.717, 1.165) is 0 Å². The van der Waals surface area contributed by atoms with Crippen LogP contribution in [0.2, 0.25) is 0 Å². The van der Waals surface area contributed by atoms with Gasteiger partial charge in [-0.3, -0.25) is 0 Å². The Labute approximate surface area is 184 Å². The van der Waals surface area contributed by atoms with E-state index < -0.39 is 45.9 Å². The summed E-state index contributed by atoms with van der Waals surface area (Å²) in [7, 11) is 0. The van der Waals surface area contributed by atoms with Crippen molar-refractivity contribution in [2.45, 2.75) is 0 Å². The molecule has 0 saturated heterocycles. The van der Waals surface area contributed by atoms with Gasteiger partial charge in [0.05, 0.1) is 0 Å². The van der Waals surface area contributed by atoms with E-state index in [-0.39, 0.29) is 104 Å². The first-order valence-electron chi connectivity index (χ1n) is 2.08. The summed E-state index contributed by atoms with van der Waals surface area (Å²) in [6, 6.07) is 0. The summed E-state index contributed by atoms with van der Waals surface area (Å²) in [4.78, 5) is 0. The fraction of sp³-hybridized carbons (Fsp3) is 0. The van der Waals surface area contributed by atoms with E-state index in [9.17, 15) is 11.4 Å². The van der Waals surface area contributed by atoms with Crippen LogP contribution < -0.4 is 8.06 Å². The molecule has 0 bridgehead atoms. The first-order valence-corrected chi connectivity index (χ1v) is 8.57. The third-order valence-corrected chi connectivity index (χ3v) is 2.94. The molecule has 12 nitrogen and oxygen atoms in total. The van der Waals surface area contributed by atoms with Crippen LogP contribution in [0.5, 0.6) is 0 Å². The molecule has 0 aliphatic heterocycles. The Bertz CT molecular complexity index is 240. The topological polar surface area (TPSA) is 249 Å². The average molecular weight is 607 g/mol. The Morgan fingerprint density at radius 2 is 1.05 bits per heavy atom. The second-order valence-electron chi connectivity index (χ2n) is 1.28. The third kappa shape index (κ3) is 123. The molecule has 1 atom stereocenters. The smallest absolute Gasteiger partial charge is 0 e. The van der Waals surface area contributed by atoms with Gasteiger partial charge in [0.15, 0.2) is 0 Å². The molecule has 0 amide bonds. The minimum absolute atomic E-state index is 0. The average Bonchev–Trinajstić information content (AvgIpc) is 1.47. The van der Waals surface area contributed by atoms with Crippen molar-refractivity contribution in [3.8, 4) is 0 Å². The molecule has 0 spiro atoms. The monoisotopic (exact) mass is 607 g/mol. The predicted molar refractivity (Wildman–Crippen MR) is 17.6 cm³/mol. The Hall–Kier alpha value is 3.72. The minimum Gasteiger partial charge on any atom is 0 e. The van der Waals surface area contributed by atoms with Gasteiger partial charge in [-0.1, -0.05) is 0 Å². The first-order chi connectivity index (χ1) is 5.42. The van der Waals surface area contributed by atoms with Gasteiger partial charge in [-0.15, -0.1) is 0 Å². The van der Waals surface area contributed by atoms with Crippen molar-refractivity contribution in [1.82, 2.24) is 0 Å². The zero-order valence-corrected chi connectivity index (χ0v) is 19.9. The Morgan fingerprint density at radius 3 is 1.05 bits per heavy atom. The maximum atomic E-state index is 9.54. The van der Waals surface area contributed by atoms with Crippen LogP contribution in [0.1, 0.15) is 0 Å². The van der Waals surface area contributed by atoms with Gasteiger partial charge < -0.3 is 11.0 Å². The fourth-order valence-electron chi connectivity index (χ4n) is 0.0883.